The summed E-state index contributed by atoms with van der Waals surface area (Å²) in [5, 5.41) is 6.40. The van der Waals surface area contributed by atoms with E-state index in [9.17, 15) is 4.39 Å². The molecular formula is C14H17FN2S. The van der Waals surface area contributed by atoms with E-state index in [1.165, 1.54) is 12.1 Å². The van der Waals surface area contributed by atoms with Crippen molar-refractivity contribution in [2.24, 2.45) is 0 Å². The van der Waals surface area contributed by atoms with Crippen molar-refractivity contribution in [3.63, 3.8) is 0 Å². The van der Waals surface area contributed by atoms with Crippen molar-refractivity contribution in [1.29, 1.82) is 0 Å². The third-order valence-electron chi connectivity index (χ3n) is 2.89. The van der Waals surface area contributed by atoms with Gasteiger partial charge in [-0.05, 0) is 37.6 Å². The Morgan fingerprint density at radius 3 is 2.72 bits per heavy atom. The van der Waals surface area contributed by atoms with Crippen molar-refractivity contribution in [2.45, 2.75) is 32.9 Å². The Kier molecular flexibility index (Phi) is 4.44. The van der Waals surface area contributed by atoms with Crippen LogP contribution in [0.5, 0.6) is 0 Å². The number of hydrogen-bond donors (Lipinski definition) is 1. The smallest absolute Gasteiger partial charge is 0.123 e. The number of hydrogen-bond acceptors (Lipinski definition) is 3. The summed E-state index contributed by atoms with van der Waals surface area (Å²) in [6, 6.07) is 6.96. The van der Waals surface area contributed by atoms with Crippen molar-refractivity contribution in [3.05, 3.63) is 41.2 Å². The van der Waals surface area contributed by atoms with Crippen molar-refractivity contribution in [1.82, 2.24) is 10.3 Å². The van der Waals surface area contributed by atoms with Crippen LogP contribution in [0.1, 0.15) is 26.0 Å². The van der Waals surface area contributed by atoms with Crippen LogP contribution in [-0.2, 0) is 6.54 Å². The van der Waals surface area contributed by atoms with Crippen molar-refractivity contribution in [2.75, 3.05) is 0 Å². The van der Waals surface area contributed by atoms with Crippen LogP contribution >= 0.6 is 11.3 Å². The molecule has 1 aromatic carbocycles. The lowest BCUT2D eigenvalue weighted by molar-refractivity contribution is 0.530. The first kappa shape index (κ1) is 13.2. The van der Waals surface area contributed by atoms with Crippen LogP contribution in [0.2, 0.25) is 0 Å². The summed E-state index contributed by atoms with van der Waals surface area (Å²) in [7, 11) is 0. The highest BCUT2D eigenvalue weighted by Crippen LogP contribution is 2.23. The van der Waals surface area contributed by atoms with Gasteiger partial charge in [0.1, 0.15) is 10.8 Å². The first-order valence-corrected chi connectivity index (χ1v) is 7.00. The van der Waals surface area contributed by atoms with E-state index in [4.69, 9.17) is 0 Å². The third kappa shape index (κ3) is 3.37. The van der Waals surface area contributed by atoms with E-state index in [0.29, 0.717) is 6.04 Å². The van der Waals surface area contributed by atoms with Gasteiger partial charge in [-0.2, -0.15) is 0 Å². The number of nitrogens with one attached hydrogen (secondary N) is 1. The second kappa shape index (κ2) is 6.07. The van der Waals surface area contributed by atoms with Gasteiger partial charge >= 0.3 is 0 Å². The van der Waals surface area contributed by atoms with Gasteiger partial charge in [-0.25, -0.2) is 9.37 Å². The molecule has 0 saturated heterocycles. The highest BCUT2D eigenvalue weighted by Gasteiger charge is 2.05. The Hall–Kier alpha value is -1.26. The van der Waals surface area contributed by atoms with Gasteiger partial charge in [-0.15, -0.1) is 11.3 Å². The Morgan fingerprint density at radius 2 is 2.06 bits per heavy atom. The molecule has 0 aliphatic rings. The fourth-order valence-corrected chi connectivity index (χ4v) is 2.36. The topological polar surface area (TPSA) is 24.9 Å². The lowest BCUT2D eigenvalue weighted by Gasteiger charge is -2.08. The number of rotatable bonds is 5. The van der Waals surface area contributed by atoms with Crippen LogP contribution in [0.15, 0.2) is 29.6 Å². The highest BCUT2D eigenvalue weighted by atomic mass is 32.1. The van der Waals surface area contributed by atoms with Gasteiger partial charge in [0.25, 0.3) is 0 Å². The average Bonchev–Trinajstić information content (AvgIpc) is 2.85. The molecule has 1 N–H and O–H groups in total. The molecule has 0 saturated carbocycles. The second-order valence-electron chi connectivity index (χ2n) is 4.34. The number of nitrogens with zero attached hydrogens (tertiary/aromatic N) is 1. The van der Waals surface area contributed by atoms with Crippen molar-refractivity contribution in [3.8, 4) is 10.6 Å². The maximum absolute atomic E-state index is 12.8. The van der Waals surface area contributed by atoms with E-state index < -0.39 is 0 Å². The van der Waals surface area contributed by atoms with Gasteiger partial charge < -0.3 is 5.32 Å². The number of benzene rings is 1. The first-order valence-electron chi connectivity index (χ1n) is 6.12. The minimum Gasteiger partial charge on any atom is -0.309 e. The third-order valence-corrected chi connectivity index (χ3v) is 3.83. The quantitative estimate of drug-likeness (QED) is 0.887. The van der Waals surface area contributed by atoms with Crippen LogP contribution in [0.25, 0.3) is 10.6 Å². The summed E-state index contributed by atoms with van der Waals surface area (Å²) in [5.41, 5.74) is 2.01. The lowest BCUT2D eigenvalue weighted by Crippen LogP contribution is -2.24. The Morgan fingerprint density at radius 1 is 1.33 bits per heavy atom. The minimum atomic E-state index is -0.214. The van der Waals surface area contributed by atoms with Gasteiger partial charge in [0.15, 0.2) is 0 Å². The molecule has 0 radical (unpaired) electrons. The van der Waals surface area contributed by atoms with E-state index in [1.807, 2.05) is 5.38 Å². The van der Waals surface area contributed by atoms with E-state index in [-0.39, 0.29) is 5.82 Å². The standard InChI is InChI=1S/C14H17FN2S/c1-3-10(2)16-8-13-9-18-14(17-13)11-4-6-12(15)7-5-11/h4-7,9-10,16H,3,8H2,1-2H3. The van der Waals surface area contributed by atoms with Crippen molar-refractivity contribution >= 4 is 11.3 Å². The van der Waals surface area contributed by atoms with E-state index >= 15 is 0 Å². The van der Waals surface area contributed by atoms with Gasteiger partial charge in [0, 0.05) is 23.5 Å². The zero-order valence-corrected chi connectivity index (χ0v) is 11.4. The molecule has 0 fully saturated rings. The molecule has 2 rings (SSSR count). The Balaban J connectivity index is 2.03. The van der Waals surface area contributed by atoms with Gasteiger partial charge in [0.2, 0.25) is 0 Å². The first-order chi connectivity index (χ1) is 8.69. The number of aromatic nitrogens is 1. The molecule has 0 aliphatic heterocycles. The molecule has 0 amide bonds. The summed E-state index contributed by atoms with van der Waals surface area (Å²) in [6.45, 7) is 5.10. The number of thiazole rings is 1. The van der Waals surface area contributed by atoms with Gasteiger partial charge in [0.05, 0.1) is 5.69 Å². The predicted molar refractivity (Wildman–Crippen MR) is 74.1 cm³/mol. The molecule has 1 unspecified atom stereocenters. The molecule has 18 heavy (non-hydrogen) atoms. The molecule has 2 aromatic rings. The fourth-order valence-electron chi connectivity index (χ4n) is 1.54. The molecule has 1 heterocycles. The average molecular weight is 264 g/mol. The largest absolute Gasteiger partial charge is 0.309 e. The summed E-state index contributed by atoms with van der Waals surface area (Å²) < 4.78 is 12.8. The van der Waals surface area contributed by atoms with Gasteiger partial charge in [-0.1, -0.05) is 6.92 Å². The molecule has 1 aromatic heterocycles. The molecule has 0 bridgehead atoms. The normalized spacial score (nSPS) is 12.6. The number of halogens is 1. The van der Waals surface area contributed by atoms with E-state index in [1.54, 1.807) is 23.5 Å². The molecule has 2 nitrogen and oxygen atoms in total. The molecule has 0 aliphatic carbocycles. The summed E-state index contributed by atoms with van der Waals surface area (Å²) in [4.78, 5) is 4.55. The SMILES string of the molecule is CCC(C)NCc1csc(-c2ccc(F)cc2)n1. The minimum absolute atomic E-state index is 0.214. The molecular weight excluding hydrogens is 247 g/mol. The zero-order valence-electron chi connectivity index (χ0n) is 10.6. The maximum atomic E-state index is 12.8. The summed E-state index contributed by atoms with van der Waals surface area (Å²) in [5.74, 6) is -0.214. The van der Waals surface area contributed by atoms with Crippen LogP contribution in [0.4, 0.5) is 4.39 Å². The van der Waals surface area contributed by atoms with E-state index in [2.05, 4.69) is 24.1 Å². The zero-order chi connectivity index (χ0) is 13.0. The summed E-state index contributed by atoms with van der Waals surface area (Å²) >= 11 is 1.59. The van der Waals surface area contributed by atoms with Crippen molar-refractivity contribution < 1.29 is 4.39 Å². The maximum Gasteiger partial charge on any atom is 0.123 e. The molecule has 4 heteroatoms. The second-order valence-corrected chi connectivity index (χ2v) is 5.20. The van der Waals surface area contributed by atoms with Crippen LogP contribution in [0, 0.1) is 5.82 Å². The van der Waals surface area contributed by atoms with Crippen LogP contribution in [0.3, 0.4) is 0 Å². The van der Waals surface area contributed by atoms with Crippen LogP contribution < -0.4 is 5.32 Å². The fraction of sp³-hybridized carbons (Fsp3) is 0.357. The van der Waals surface area contributed by atoms with Gasteiger partial charge in [-0.3, -0.25) is 0 Å². The predicted octanol–water partition coefficient (Wildman–Crippen LogP) is 3.84. The Labute approximate surface area is 111 Å². The highest BCUT2D eigenvalue weighted by molar-refractivity contribution is 7.13. The lowest BCUT2D eigenvalue weighted by atomic mass is 10.2. The molecule has 96 valence electrons. The van der Waals surface area contributed by atoms with Crippen LogP contribution in [-0.4, -0.2) is 11.0 Å². The molecule has 0 spiro atoms. The summed E-state index contributed by atoms with van der Waals surface area (Å²) in [6.07, 6.45) is 1.11. The van der Waals surface area contributed by atoms with E-state index in [0.717, 1.165) is 29.2 Å². The monoisotopic (exact) mass is 264 g/mol. The Bertz CT molecular complexity index is 493. The molecule has 1 atom stereocenters.